The van der Waals surface area contributed by atoms with Crippen LogP contribution in [0.25, 0.3) is 11.3 Å². The van der Waals surface area contributed by atoms with Gasteiger partial charge in [-0.1, -0.05) is 64.2 Å². The Hall–Kier alpha value is -2.84. The first-order chi connectivity index (χ1) is 19.9. The Morgan fingerprint density at radius 2 is 2.02 bits per heavy atom. The van der Waals surface area contributed by atoms with Gasteiger partial charge in [0.15, 0.2) is 5.13 Å². The maximum atomic E-state index is 12.5. The molecule has 219 valence electrons. The molecule has 3 heterocycles. The summed E-state index contributed by atoms with van der Waals surface area (Å²) in [5.74, 6) is 2.64. The average Bonchev–Trinajstić information content (AvgIpc) is 3.59. The zero-order chi connectivity index (χ0) is 29.2. The number of carbonyl (C=O) groups excluding carboxylic acids is 1. The van der Waals surface area contributed by atoms with E-state index >= 15 is 0 Å². The van der Waals surface area contributed by atoms with Crippen LogP contribution >= 0.6 is 11.3 Å². The fourth-order valence-corrected chi connectivity index (χ4v) is 5.94. The number of benzene rings is 1. The van der Waals surface area contributed by atoms with Crippen molar-refractivity contribution >= 4 is 29.8 Å². The van der Waals surface area contributed by atoms with E-state index in [4.69, 9.17) is 9.72 Å². The monoisotopic (exact) mass is 573 g/mol. The van der Waals surface area contributed by atoms with Crippen molar-refractivity contribution in [2.45, 2.75) is 73.0 Å². The molecule has 2 unspecified atom stereocenters. The third-order valence-corrected chi connectivity index (χ3v) is 9.17. The molecule has 2 aliphatic rings. The highest BCUT2D eigenvalue weighted by Crippen LogP contribution is 2.32. The van der Waals surface area contributed by atoms with Gasteiger partial charge in [-0.25, -0.2) is 4.98 Å². The van der Waals surface area contributed by atoms with Gasteiger partial charge in [-0.2, -0.15) is 0 Å². The van der Waals surface area contributed by atoms with Gasteiger partial charge in [-0.05, 0) is 68.3 Å². The molecule has 0 bridgehead atoms. The lowest BCUT2D eigenvalue weighted by Crippen LogP contribution is -2.34. The van der Waals surface area contributed by atoms with E-state index in [2.05, 4.69) is 68.0 Å². The minimum Gasteiger partial charge on any atom is -0.402 e. The summed E-state index contributed by atoms with van der Waals surface area (Å²) in [4.78, 5) is 17.2. The van der Waals surface area contributed by atoms with Gasteiger partial charge in [0.2, 0.25) is 7.41 Å². The largest absolute Gasteiger partial charge is 0.402 e. The van der Waals surface area contributed by atoms with E-state index in [-0.39, 0.29) is 5.91 Å². The Morgan fingerprint density at radius 3 is 2.61 bits per heavy atom. The number of allylic oxidation sites excluding steroid dienone is 1. The Morgan fingerprint density at radius 1 is 1.22 bits per heavy atom. The van der Waals surface area contributed by atoms with Crippen molar-refractivity contribution in [2.75, 3.05) is 25.1 Å². The van der Waals surface area contributed by atoms with Crippen LogP contribution in [0.2, 0.25) is 6.82 Å². The smallest absolute Gasteiger partial charge is 0.253 e. The normalized spacial score (nSPS) is 16.0. The highest BCUT2D eigenvalue weighted by atomic mass is 32.1. The lowest BCUT2D eigenvalue weighted by atomic mass is 9.81. The molecule has 0 spiro atoms. The van der Waals surface area contributed by atoms with E-state index in [9.17, 15) is 4.79 Å². The second-order valence-corrected chi connectivity index (χ2v) is 12.3. The van der Waals surface area contributed by atoms with Crippen molar-refractivity contribution in [2.24, 2.45) is 17.8 Å². The van der Waals surface area contributed by atoms with E-state index in [0.717, 1.165) is 65.9 Å². The fourth-order valence-electron chi connectivity index (χ4n) is 5.19. The molecule has 8 heteroatoms. The molecule has 1 aromatic carbocycles. The van der Waals surface area contributed by atoms with Crippen molar-refractivity contribution in [1.82, 2.24) is 14.8 Å². The van der Waals surface area contributed by atoms with Gasteiger partial charge in [0, 0.05) is 28.8 Å². The molecule has 6 nitrogen and oxygen atoms in total. The van der Waals surface area contributed by atoms with Gasteiger partial charge < -0.3 is 19.8 Å². The van der Waals surface area contributed by atoms with Crippen molar-refractivity contribution in [3.63, 3.8) is 0 Å². The van der Waals surface area contributed by atoms with Crippen LogP contribution in [-0.4, -0.2) is 42.5 Å². The predicted octanol–water partition coefficient (Wildman–Crippen LogP) is 7.81. The minimum atomic E-state index is -0.0654. The maximum absolute atomic E-state index is 12.5. The number of aromatic nitrogens is 2. The Labute approximate surface area is 251 Å². The van der Waals surface area contributed by atoms with Gasteiger partial charge in [0.1, 0.15) is 0 Å². The van der Waals surface area contributed by atoms with E-state index in [0.29, 0.717) is 12.1 Å². The maximum Gasteiger partial charge on any atom is 0.253 e. The van der Waals surface area contributed by atoms with E-state index < -0.39 is 0 Å². The molecule has 2 fully saturated rings. The van der Waals surface area contributed by atoms with Crippen LogP contribution in [0, 0.1) is 24.7 Å². The van der Waals surface area contributed by atoms with Gasteiger partial charge in [0.05, 0.1) is 31.0 Å². The SMILES string of the molecule is CCC(C)CC(CC)C1COC1.C[B]n1ccc(C(=O)NCC(Nc2nc(-c3cccc(C)c3)cs2)=C2CCC2)c1. The zero-order valence-corrected chi connectivity index (χ0v) is 26.2. The molecule has 41 heavy (non-hydrogen) atoms. The van der Waals surface area contributed by atoms with Crippen molar-refractivity contribution in [1.29, 1.82) is 0 Å². The van der Waals surface area contributed by atoms with E-state index in [1.54, 1.807) is 11.3 Å². The molecule has 5 rings (SSSR count). The molecule has 3 aromatic rings. The summed E-state index contributed by atoms with van der Waals surface area (Å²) in [6, 6.07) is 10.2. The topological polar surface area (TPSA) is 68.2 Å². The number of nitrogens with zero attached hydrogens (tertiary/aromatic N) is 2. The molecule has 1 aliphatic heterocycles. The van der Waals surface area contributed by atoms with E-state index in [1.165, 1.54) is 36.8 Å². The summed E-state index contributed by atoms with van der Waals surface area (Å²) in [5, 5.41) is 9.44. The third-order valence-electron chi connectivity index (χ3n) is 8.42. The van der Waals surface area contributed by atoms with Crippen LogP contribution in [0.15, 0.2) is 59.4 Å². The predicted molar refractivity (Wildman–Crippen MR) is 173 cm³/mol. The number of thiazole rings is 1. The van der Waals surface area contributed by atoms with Crippen molar-refractivity contribution in [3.05, 3.63) is 70.5 Å². The quantitative estimate of drug-likeness (QED) is 0.217. The van der Waals surface area contributed by atoms with Crippen LogP contribution in [0.3, 0.4) is 0 Å². The zero-order valence-electron chi connectivity index (χ0n) is 25.4. The molecule has 1 radical (unpaired) electrons. The van der Waals surface area contributed by atoms with Crippen LogP contribution < -0.4 is 10.6 Å². The number of anilines is 1. The molecule has 2 aromatic heterocycles. The number of ether oxygens (including phenoxy) is 1. The average molecular weight is 574 g/mol. The molecule has 1 aliphatic carbocycles. The Balaban J connectivity index is 0.000000271. The second-order valence-electron chi connectivity index (χ2n) is 11.5. The first-order valence-corrected chi connectivity index (χ1v) is 16.1. The molecule has 2 N–H and O–H groups in total. The molecule has 1 saturated carbocycles. The summed E-state index contributed by atoms with van der Waals surface area (Å²) in [6.45, 7) is 13.5. The van der Waals surface area contributed by atoms with Gasteiger partial charge in [-0.3, -0.25) is 4.79 Å². The number of amides is 1. The Kier molecular flexibility index (Phi) is 11.7. The number of carbonyl (C=O) groups is 1. The highest BCUT2D eigenvalue weighted by Gasteiger charge is 2.27. The van der Waals surface area contributed by atoms with Crippen LogP contribution in [0.5, 0.6) is 0 Å². The standard InChI is InChI=1S/C22H24BN4OS.C11H22O/c1-15-5-3-8-17(11-15)20-14-29-22(26-20)25-19(16-6-4-7-16)12-24-21(28)18-9-10-27(13-18)23-2;1-4-9(3)6-10(5-2)11-7-12-8-11/h3,5,8-11,13-14H,4,6-7,12H2,1-2H3,(H,24,28)(H,25,26);9-11H,4-8H2,1-3H3. The lowest BCUT2D eigenvalue weighted by Gasteiger charge is -2.34. The molecular weight excluding hydrogens is 527 g/mol. The summed E-state index contributed by atoms with van der Waals surface area (Å²) in [6.07, 6.45) is 11.1. The number of hydrogen-bond donors (Lipinski definition) is 2. The summed E-state index contributed by atoms with van der Waals surface area (Å²) in [5.41, 5.74) is 6.42. The van der Waals surface area contributed by atoms with Crippen LogP contribution in [0.1, 0.15) is 75.2 Å². The fraction of sp³-hybridized carbons (Fsp3) is 0.515. The van der Waals surface area contributed by atoms with Crippen molar-refractivity contribution < 1.29 is 9.53 Å². The van der Waals surface area contributed by atoms with E-state index in [1.807, 2.05) is 37.2 Å². The number of nitrogens with one attached hydrogen (secondary N) is 2. The molecule has 2 atom stereocenters. The molecule has 1 saturated heterocycles. The first-order valence-electron chi connectivity index (χ1n) is 15.2. The lowest BCUT2D eigenvalue weighted by molar-refractivity contribution is -0.0656. The molecular formula is C33H46BN4O2S. The number of aryl methyl sites for hydroxylation is 1. The summed E-state index contributed by atoms with van der Waals surface area (Å²) in [7, 11) is 1.91. The first kappa shape index (κ1) is 31.1. The summed E-state index contributed by atoms with van der Waals surface area (Å²) < 4.78 is 7.11. The number of hydrogen-bond acceptors (Lipinski definition) is 5. The Bertz CT molecular complexity index is 1290. The van der Waals surface area contributed by atoms with Crippen molar-refractivity contribution in [3.8, 4) is 11.3 Å². The third kappa shape index (κ3) is 8.82. The summed E-state index contributed by atoms with van der Waals surface area (Å²) >= 11 is 1.59. The van der Waals surface area contributed by atoms with Gasteiger partial charge >= 0.3 is 0 Å². The number of rotatable bonds is 12. The molecule has 1 amide bonds. The minimum absolute atomic E-state index is 0.0654. The second kappa shape index (κ2) is 15.4. The van der Waals surface area contributed by atoms with Gasteiger partial charge in [0.25, 0.3) is 5.91 Å². The van der Waals surface area contributed by atoms with Gasteiger partial charge in [-0.15, -0.1) is 11.3 Å². The van der Waals surface area contributed by atoms with Crippen LogP contribution in [0.4, 0.5) is 5.13 Å². The van der Waals surface area contributed by atoms with Crippen LogP contribution in [-0.2, 0) is 4.74 Å². The highest BCUT2D eigenvalue weighted by molar-refractivity contribution is 7.14.